The van der Waals surface area contributed by atoms with E-state index in [1.54, 1.807) is 31.2 Å². The summed E-state index contributed by atoms with van der Waals surface area (Å²) in [4.78, 5) is 22.8. The van der Waals surface area contributed by atoms with Gasteiger partial charge in [-0.3, -0.25) is 9.59 Å². The van der Waals surface area contributed by atoms with E-state index in [-0.39, 0.29) is 18.4 Å². The van der Waals surface area contributed by atoms with Gasteiger partial charge in [0.25, 0.3) is 0 Å². The average Bonchev–Trinajstić information content (AvgIpc) is 2.60. The standard InChI is InChI=1S/C18H19ClN2O3/c1-2-17(22)20-11-18(23)21-15-7-9-16(10-8-15)24-12-13-3-5-14(19)6-4-13/h3-10H,2,11-12H2,1H3,(H,20,22)(H,21,23). The molecule has 0 saturated carbocycles. The van der Waals surface area contributed by atoms with Gasteiger partial charge < -0.3 is 15.4 Å². The van der Waals surface area contributed by atoms with E-state index in [0.29, 0.717) is 29.5 Å². The molecule has 0 aliphatic heterocycles. The van der Waals surface area contributed by atoms with Crippen molar-refractivity contribution >= 4 is 29.1 Å². The molecule has 24 heavy (non-hydrogen) atoms. The molecular weight excluding hydrogens is 328 g/mol. The highest BCUT2D eigenvalue weighted by molar-refractivity contribution is 6.30. The number of anilines is 1. The highest BCUT2D eigenvalue weighted by atomic mass is 35.5. The van der Waals surface area contributed by atoms with Crippen LogP contribution in [0.2, 0.25) is 5.02 Å². The smallest absolute Gasteiger partial charge is 0.243 e. The molecule has 0 spiro atoms. The number of amides is 2. The minimum Gasteiger partial charge on any atom is -0.489 e. The SMILES string of the molecule is CCC(=O)NCC(=O)Nc1ccc(OCc2ccc(Cl)cc2)cc1. The van der Waals surface area contributed by atoms with Gasteiger partial charge >= 0.3 is 0 Å². The lowest BCUT2D eigenvalue weighted by molar-refractivity contribution is -0.123. The zero-order valence-electron chi connectivity index (χ0n) is 13.3. The maximum absolute atomic E-state index is 11.7. The minimum absolute atomic E-state index is 0.0402. The maximum atomic E-state index is 11.7. The molecule has 0 aromatic heterocycles. The summed E-state index contributed by atoms with van der Waals surface area (Å²) in [5, 5.41) is 5.91. The minimum atomic E-state index is -0.272. The van der Waals surface area contributed by atoms with Crippen LogP contribution in [0.3, 0.4) is 0 Å². The lowest BCUT2D eigenvalue weighted by atomic mass is 10.2. The first-order valence-electron chi connectivity index (χ1n) is 7.60. The number of hydrogen-bond acceptors (Lipinski definition) is 3. The van der Waals surface area contributed by atoms with Gasteiger partial charge in [0.05, 0.1) is 6.54 Å². The quantitative estimate of drug-likeness (QED) is 0.807. The Morgan fingerprint density at radius 3 is 2.29 bits per heavy atom. The first-order valence-corrected chi connectivity index (χ1v) is 7.98. The molecule has 2 rings (SSSR count). The number of ether oxygens (including phenoxy) is 1. The average molecular weight is 347 g/mol. The van der Waals surface area contributed by atoms with E-state index in [0.717, 1.165) is 5.56 Å². The third-order valence-electron chi connectivity index (χ3n) is 3.22. The lowest BCUT2D eigenvalue weighted by Crippen LogP contribution is -2.32. The molecule has 0 unspecified atom stereocenters. The van der Waals surface area contributed by atoms with Crippen LogP contribution in [0, 0.1) is 0 Å². The Balaban J connectivity index is 1.80. The van der Waals surface area contributed by atoms with E-state index < -0.39 is 0 Å². The molecule has 0 saturated heterocycles. The molecule has 2 aromatic carbocycles. The molecule has 0 bridgehead atoms. The van der Waals surface area contributed by atoms with Crippen LogP contribution in [0.5, 0.6) is 5.75 Å². The van der Waals surface area contributed by atoms with Crippen molar-refractivity contribution in [3.8, 4) is 5.75 Å². The second-order valence-corrected chi connectivity index (χ2v) is 5.55. The Bertz CT molecular complexity index is 684. The summed E-state index contributed by atoms with van der Waals surface area (Å²) in [5.41, 5.74) is 1.66. The Labute approximate surface area is 146 Å². The number of carbonyl (C=O) groups excluding carboxylic acids is 2. The van der Waals surface area contributed by atoms with Crippen LogP contribution in [0.25, 0.3) is 0 Å². The summed E-state index contributed by atoms with van der Waals surface area (Å²) in [6, 6.07) is 14.5. The van der Waals surface area contributed by atoms with E-state index in [9.17, 15) is 9.59 Å². The van der Waals surface area contributed by atoms with Gasteiger partial charge in [0.15, 0.2) is 0 Å². The first-order chi connectivity index (χ1) is 11.6. The molecule has 0 aliphatic carbocycles. The molecular formula is C18H19ClN2O3. The largest absolute Gasteiger partial charge is 0.489 e. The predicted molar refractivity (Wildman–Crippen MR) is 94.2 cm³/mol. The summed E-state index contributed by atoms with van der Waals surface area (Å²) >= 11 is 5.84. The molecule has 0 atom stereocenters. The number of halogens is 1. The topological polar surface area (TPSA) is 67.4 Å². The van der Waals surface area contributed by atoms with Crippen molar-refractivity contribution in [3.63, 3.8) is 0 Å². The normalized spacial score (nSPS) is 10.1. The highest BCUT2D eigenvalue weighted by Crippen LogP contribution is 2.17. The number of benzene rings is 2. The third-order valence-corrected chi connectivity index (χ3v) is 3.48. The summed E-state index contributed by atoms with van der Waals surface area (Å²) < 4.78 is 5.67. The number of nitrogens with one attached hydrogen (secondary N) is 2. The Morgan fingerprint density at radius 2 is 1.67 bits per heavy atom. The fourth-order valence-corrected chi connectivity index (χ4v) is 2.02. The van der Waals surface area contributed by atoms with E-state index in [4.69, 9.17) is 16.3 Å². The number of rotatable bonds is 7. The van der Waals surface area contributed by atoms with Gasteiger partial charge in [-0.1, -0.05) is 30.7 Å². The van der Waals surface area contributed by atoms with Crippen LogP contribution >= 0.6 is 11.6 Å². The summed E-state index contributed by atoms with van der Waals surface area (Å²) in [6.45, 7) is 2.13. The van der Waals surface area contributed by atoms with Crippen LogP contribution in [0.4, 0.5) is 5.69 Å². The zero-order valence-corrected chi connectivity index (χ0v) is 14.1. The number of hydrogen-bond donors (Lipinski definition) is 2. The van der Waals surface area contributed by atoms with Crippen LogP contribution in [-0.4, -0.2) is 18.4 Å². The van der Waals surface area contributed by atoms with Crippen molar-refractivity contribution in [3.05, 3.63) is 59.1 Å². The molecule has 0 fully saturated rings. The van der Waals surface area contributed by atoms with E-state index in [1.807, 2.05) is 24.3 Å². The van der Waals surface area contributed by atoms with E-state index >= 15 is 0 Å². The summed E-state index contributed by atoms with van der Waals surface area (Å²) in [5.74, 6) is 0.268. The van der Waals surface area contributed by atoms with Crippen LogP contribution in [-0.2, 0) is 16.2 Å². The van der Waals surface area contributed by atoms with E-state index in [1.165, 1.54) is 0 Å². The molecule has 0 radical (unpaired) electrons. The third kappa shape index (κ3) is 5.93. The van der Waals surface area contributed by atoms with Gasteiger partial charge in [0.2, 0.25) is 11.8 Å². The lowest BCUT2D eigenvalue weighted by Gasteiger charge is -2.09. The Kier molecular flexibility index (Phi) is 6.63. The van der Waals surface area contributed by atoms with Crippen molar-refractivity contribution in [2.75, 3.05) is 11.9 Å². The second kappa shape index (κ2) is 8.93. The van der Waals surface area contributed by atoms with Gasteiger partial charge in [-0.15, -0.1) is 0 Å². The monoisotopic (exact) mass is 346 g/mol. The summed E-state index contributed by atoms with van der Waals surface area (Å²) in [6.07, 6.45) is 0.354. The van der Waals surface area contributed by atoms with Gasteiger partial charge in [-0.2, -0.15) is 0 Å². The predicted octanol–water partition coefficient (Wildman–Crippen LogP) is 3.38. The van der Waals surface area contributed by atoms with Crippen LogP contribution in [0.15, 0.2) is 48.5 Å². The van der Waals surface area contributed by atoms with Gasteiger partial charge in [0, 0.05) is 17.1 Å². The van der Waals surface area contributed by atoms with Crippen molar-refractivity contribution < 1.29 is 14.3 Å². The molecule has 6 heteroatoms. The Hall–Kier alpha value is -2.53. The molecule has 2 aromatic rings. The zero-order chi connectivity index (χ0) is 17.4. The van der Waals surface area contributed by atoms with Gasteiger partial charge in [-0.05, 0) is 42.0 Å². The fourth-order valence-electron chi connectivity index (χ4n) is 1.89. The summed E-state index contributed by atoms with van der Waals surface area (Å²) in [7, 11) is 0. The molecule has 126 valence electrons. The molecule has 2 amide bonds. The van der Waals surface area contributed by atoms with Gasteiger partial charge in [0.1, 0.15) is 12.4 Å². The molecule has 2 N–H and O–H groups in total. The highest BCUT2D eigenvalue weighted by Gasteiger charge is 2.04. The van der Waals surface area contributed by atoms with Crippen LogP contribution < -0.4 is 15.4 Å². The number of carbonyl (C=O) groups is 2. The Morgan fingerprint density at radius 1 is 1.00 bits per heavy atom. The van der Waals surface area contributed by atoms with Gasteiger partial charge in [-0.25, -0.2) is 0 Å². The van der Waals surface area contributed by atoms with Crippen LogP contribution in [0.1, 0.15) is 18.9 Å². The van der Waals surface area contributed by atoms with Crippen molar-refractivity contribution in [1.82, 2.24) is 5.32 Å². The fraction of sp³-hybridized carbons (Fsp3) is 0.222. The molecule has 0 heterocycles. The van der Waals surface area contributed by atoms with Crippen molar-refractivity contribution in [1.29, 1.82) is 0 Å². The van der Waals surface area contributed by atoms with Crippen molar-refractivity contribution in [2.24, 2.45) is 0 Å². The van der Waals surface area contributed by atoms with E-state index in [2.05, 4.69) is 10.6 Å². The first kappa shape index (κ1) is 17.8. The van der Waals surface area contributed by atoms with Crippen molar-refractivity contribution in [2.45, 2.75) is 20.0 Å². The molecule has 5 nitrogen and oxygen atoms in total. The maximum Gasteiger partial charge on any atom is 0.243 e. The second-order valence-electron chi connectivity index (χ2n) is 5.12. The molecule has 0 aliphatic rings.